The number of hydrogen-bond acceptors (Lipinski definition) is 1. The lowest BCUT2D eigenvalue weighted by Crippen LogP contribution is -2.14. The molecule has 0 bridgehead atoms. The molecule has 0 heterocycles. The van der Waals surface area contributed by atoms with Crippen LogP contribution >= 0.6 is 0 Å². The van der Waals surface area contributed by atoms with Crippen molar-refractivity contribution in [2.45, 2.75) is 19.5 Å². The van der Waals surface area contributed by atoms with E-state index in [1.165, 1.54) is 6.08 Å². The largest absolute Gasteiger partial charge is 0.392 e. The fourth-order valence-corrected chi connectivity index (χ4v) is 0.836. The second-order valence-electron chi connectivity index (χ2n) is 2.72. The first-order chi connectivity index (χ1) is 5.11. The molecule has 2 atom stereocenters. The summed E-state index contributed by atoms with van der Waals surface area (Å²) in [6.07, 6.45) is 1.05. The molecule has 11 heavy (non-hydrogen) atoms. The molecule has 0 fully saturated rings. The average Bonchev–Trinajstić information content (AvgIpc) is 2.02. The van der Waals surface area contributed by atoms with Crippen LogP contribution in [0.15, 0.2) is 24.9 Å². The van der Waals surface area contributed by atoms with Crippen LogP contribution in [0, 0.1) is 5.92 Å². The molecule has 0 aromatic rings. The van der Waals surface area contributed by atoms with Crippen molar-refractivity contribution in [2.24, 2.45) is 5.92 Å². The van der Waals surface area contributed by atoms with E-state index in [0.717, 1.165) is 5.70 Å². The van der Waals surface area contributed by atoms with E-state index in [-0.39, 0.29) is 5.92 Å². The van der Waals surface area contributed by atoms with Gasteiger partial charge in [-0.15, -0.1) is 6.58 Å². The van der Waals surface area contributed by atoms with E-state index in [2.05, 4.69) is 18.5 Å². The van der Waals surface area contributed by atoms with E-state index in [9.17, 15) is 4.39 Å². The molecule has 1 nitrogen and oxygen atoms in total. The Labute approximate surface area is 68.0 Å². The molecule has 0 amide bonds. The molecule has 0 aliphatic carbocycles. The number of allylic oxidation sites excluding steroid dienone is 2. The summed E-state index contributed by atoms with van der Waals surface area (Å²) in [7, 11) is 1.79. The van der Waals surface area contributed by atoms with Crippen molar-refractivity contribution < 1.29 is 4.39 Å². The Hall–Kier alpha value is -0.790. The topological polar surface area (TPSA) is 12.0 Å². The summed E-state index contributed by atoms with van der Waals surface area (Å²) >= 11 is 0. The van der Waals surface area contributed by atoms with Gasteiger partial charge in [0.15, 0.2) is 0 Å². The standard InChI is InChI=1S/C9H16FN/c1-5-9(10)7(2)6-8(3)11-4/h5,7,9,11H,1,3,6H2,2,4H3/t7-,9?/m1/s1. The van der Waals surface area contributed by atoms with Crippen LogP contribution in [0.5, 0.6) is 0 Å². The van der Waals surface area contributed by atoms with Crippen LogP contribution in [0.4, 0.5) is 4.39 Å². The van der Waals surface area contributed by atoms with Gasteiger partial charge in [-0.25, -0.2) is 4.39 Å². The molecular weight excluding hydrogens is 141 g/mol. The van der Waals surface area contributed by atoms with Gasteiger partial charge in [-0.3, -0.25) is 0 Å². The molecule has 1 N–H and O–H groups in total. The van der Waals surface area contributed by atoms with Crippen molar-refractivity contribution in [3.8, 4) is 0 Å². The molecule has 64 valence electrons. The van der Waals surface area contributed by atoms with E-state index in [0.29, 0.717) is 6.42 Å². The zero-order valence-electron chi connectivity index (χ0n) is 7.23. The first kappa shape index (κ1) is 10.2. The van der Waals surface area contributed by atoms with E-state index in [1.807, 2.05) is 6.92 Å². The summed E-state index contributed by atoms with van der Waals surface area (Å²) in [5.41, 5.74) is 0.863. The van der Waals surface area contributed by atoms with Crippen molar-refractivity contribution in [1.29, 1.82) is 0 Å². The van der Waals surface area contributed by atoms with E-state index < -0.39 is 6.17 Å². The predicted octanol–water partition coefficient (Wildman–Crippen LogP) is 2.27. The quantitative estimate of drug-likeness (QED) is 0.604. The van der Waals surface area contributed by atoms with Gasteiger partial charge in [0.2, 0.25) is 0 Å². The summed E-state index contributed by atoms with van der Waals surface area (Å²) in [6, 6.07) is 0. The zero-order valence-corrected chi connectivity index (χ0v) is 7.23. The molecule has 0 aliphatic heterocycles. The minimum absolute atomic E-state index is 0.0348. The van der Waals surface area contributed by atoms with Gasteiger partial charge in [0.25, 0.3) is 0 Å². The molecule has 2 heteroatoms. The van der Waals surface area contributed by atoms with Crippen molar-refractivity contribution in [2.75, 3.05) is 7.05 Å². The maximum Gasteiger partial charge on any atom is 0.121 e. The summed E-state index contributed by atoms with van der Waals surface area (Å²) in [5, 5.41) is 2.88. The fraction of sp³-hybridized carbons (Fsp3) is 0.556. The highest BCUT2D eigenvalue weighted by Crippen LogP contribution is 2.15. The Morgan fingerprint density at radius 1 is 1.73 bits per heavy atom. The Kier molecular flexibility index (Phi) is 4.59. The molecule has 0 rings (SSSR count). The number of hydrogen-bond donors (Lipinski definition) is 1. The highest BCUT2D eigenvalue weighted by Gasteiger charge is 2.12. The molecule has 0 saturated carbocycles. The minimum Gasteiger partial charge on any atom is -0.392 e. The van der Waals surface area contributed by atoms with Crippen molar-refractivity contribution in [3.05, 3.63) is 24.9 Å². The molecule has 0 spiro atoms. The normalized spacial score (nSPS) is 15.2. The third kappa shape index (κ3) is 3.81. The third-order valence-electron chi connectivity index (χ3n) is 1.69. The first-order valence-electron chi connectivity index (χ1n) is 3.74. The molecule has 0 saturated heterocycles. The maximum atomic E-state index is 12.8. The number of alkyl halides is 1. The van der Waals surface area contributed by atoms with Gasteiger partial charge >= 0.3 is 0 Å². The highest BCUT2D eigenvalue weighted by molar-refractivity contribution is 4.95. The van der Waals surface area contributed by atoms with Crippen LogP contribution in [0.25, 0.3) is 0 Å². The summed E-state index contributed by atoms with van der Waals surface area (Å²) in [4.78, 5) is 0. The summed E-state index contributed by atoms with van der Waals surface area (Å²) in [6.45, 7) is 8.95. The van der Waals surface area contributed by atoms with Gasteiger partial charge < -0.3 is 5.32 Å². The van der Waals surface area contributed by atoms with Gasteiger partial charge in [-0.1, -0.05) is 19.6 Å². The van der Waals surface area contributed by atoms with Crippen LogP contribution in [-0.2, 0) is 0 Å². The summed E-state index contributed by atoms with van der Waals surface area (Å²) in [5.74, 6) is -0.0348. The Bertz CT molecular complexity index is 142. The van der Waals surface area contributed by atoms with E-state index in [1.54, 1.807) is 7.05 Å². The van der Waals surface area contributed by atoms with Crippen LogP contribution in [0.3, 0.4) is 0 Å². The van der Waals surface area contributed by atoms with E-state index in [4.69, 9.17) is 0 Å². The lowest BCUT2D eigenvalue weighted by Gasteiger charge is -2.14. The molecule has 0 aromatic carbocycles. The number of rotatable bonds is 5. The molecule has 1 unspecified atom stereocenters. The minimum atomic E-state index is -0.930. The van der Waals surface area contributed by atoms with Gasteiger partial charge in [0, 0.05) is 12.7 Å². The van der Waals surface area contributed by atoms with Gasteiger partial charge in [-0.2, -0.15) is 0 Å². The van der Waals surface area contributed by atoms with Gasteiger partial charge in [-0.05, 0) is 12.3 Å². The SMILES string of the molecule is C=CC(F)[C@H](C)CC(=C)NC. The molecule has 0 aromatic heterocycles. The zero-order chi connectivity index (χ0) is 8.85. The van der Waals surface area contributed by atoms with Gasteiger partial charge in [0.05, 0.1) is 0 Å². The maximum absolute atomic E-state index is 12.8. The number of nitrogens with one attached hydrogen (secondary N) is 1. The average molecular weight is 157 g/mol. The number of halogens is 1. The van der Waals surface area contributed by atoms with Crippen LogP contribution in [0.1, 0.15) is 13.3 Å². The van der Waals surface area contributed by atoms with Crippen LogP contribution in [-0.4, -0.2) is 13.2 Å². The Morgan fingerprint density at radius 2 is 2.27 bits per heavy atom. The van der Waals surface area contributed by atoms with Crippen LogP contribution < -0.4 is 5.32 Å². The van der Waals surface area contributed by atoms with Crippen molar-refractivity contribution >= 4 is 0 Å². The monoisotopic (exact) mass is 157 g/mol. The second kappa shape index (κ2) is 4.94. The second-order valence-corrected chi connectivity index (χ2v) is 2.72. The van der Waals surface area contributed by atoms with Crippen LogP contribution in [0.2, 0.25) is 0 Å². The molecule has 0 aliphatic rings. The smallest absolute Gasteiger partial charge is 0.121 e. The van der Waals surface area contributed by atoms with E-state index >= 15 is 0 Å². The highest BCUT2D eigenvalue weighted by atomic mass is 19.1. The Morgan fingerprint density at radius 3 is 2.64 bits per heavy atom. The first-order valence-corrected chi connectivity index (χ1v) is 3.74. The Balaban J connectivity index is 3.76. The van der Waals surface area contributed by atoms with Crippen molar-refractivity contribution in [3.63, 3.8) is 0 Å². The summed E-state index contributed by atoms with van der Waals surface area (Å²) < 4.78 is 12.8. The van der Waals surface area contributed by atoms with Gasteiger partial charge in [0.1, 0.15) is 6.17 Å². The lowest BCUT2D eigenvalue weighted by atomic mass is 10.0. The predicted molar refractivity (Wildman–Crippen MR) is 47.1 cm³/mol. The molecular formula is C9H16FN. The lowest BCUT2D eigenvalue weighted by molar-refractivity contribution is 0.294. The fourth-order valence-electron chi connectivity index (χ4n) is 0.836. The van der Waals surface area contributed by atoms with Crippen molar-refractivity contribution in [1.82, 2.24) is 5.32 Å². The third-order valence-corrected chi connectivity index (χ3v) is 1.69. The molecule has 0 radical (unpaired) electrons.